The van der Waals surface area contributed by atoms with Gasteiger partial charge in [0.25, 0.3) is 0 Å². The van der Waals surface area contributed by atoms with Crippen molar-refractivity contribution >= 4 is 11.9 Å². The van der Waals surface area contributed by atoms with Crippen LogP contribution in [0.5, 0.6) is 0 Å². The first kappa shape index (κ1) is 19.9. The highest BCUT2D eigenvalue weighted by Gasteiger charge is 2.21. The summed E-state index contributed by atoms with van der Waals surface area (Å²) >= 11 is 0. The van der Waals surface area contributed by atoms with Crippen LogP contribution in [0.1, 0.15) is 90.9 Å². The van der Waals surface area contributed by atoms with E-state index in [2.05, 4.69) is 13.8 Å². The van der Waals surface area contributed by atoms with Gasteiger partial charge in [-0.05, 0) is 19.3 Å². The van der Waals surface area contributed by atoms with Crippen LogP contribution in [0, 0.1) is 0 Å². The van der Waals surface area contributed by atoms with Crippen LogP contribution in [0.2, 0.25) is 0 Å². The summed E-state index contributed by atoms with van der Waals surface area (Å²) in [5, 5.41) is 9.09. The second-order valence-corrected chi connectivity index (χ2v) is 5.68. The fraction of sp³-hybridized carbons (Fsp3) is 0.882. The largest absolute Gasteiger partial charge is 0.479 e. The lowest BCUT2D eigenvalue weighted by molar-refractivity contribution is -0.164. The molecule has 0 spiro atoms. The first-order valence-electron chi connectivity index (χ1n) is 8.54. The van der Waals surface area contributed by atoms with Crippen LogP contribution < -0.4 is 0 Å². The molecule has 0 aliphatic rings. The van der Waals surface area contributed by atoms with Crippen molar-refractivity contribution in [2.24, 2.45) is 0 Å². The third kappa shape index (κ3) is 12.4. The Balaban J connectivity index is 3.76. The molecular formula is C17H32O4. The normalized spacial score (nSPS) is 12.1. The van der Waals surface area contributed by atoms with E-state index in [9.17, 15) is 9.59 Å². The standard InChI is InChI=1S/C17H32O4/c1-3-5-7-8-9-10-12-13-15(17(19)20)21-16(18)14-11-6-4-2/h15H,3-14H2,1-2H3,(H,19,20). The van der Waals surface area contributed by atoms with Crippen LogP contribution in [0.15, 0.2) is 0 Å². The molecule has 0 aromatic rings. The summed E-state index contributed by atoms with van der Waals surface area (Å²) < 4.78 is 5.07. The Labute approximate surface area is 129 Å². The van der Waals surface area contributed by atoms with E-state index in [0.29, 0.717) is 12.8 Å². The second-order valence-electron chi connectivity index (χ2n) is 5.68. The number of hydrogen-bond donors (Lipinski definition) is 1. The zero-order valence-corrected chi connectivity index (χ0v) is 13.7. The summed E-state index contributed by atoms with van der Waals surface area (Å²) in [4.78, 5) is 22.6. The van der Waals surface area contributed by atoms with Gasteiger partial charge in [-0.1, -0.05) is 65.2 Å². The summed E-state index contributed by atoms with van der Waals surface area (Å²) in [6.45, 7) is 4.25. The highest BCUT2D eigenvalue weighted by Crippen LogP contribution is 2.12. The molecule has 0 radical (unpaired) electrons. The van der Waals surface area contributed by atoms with E-state index in [1.165, 1.54) is 25.7 Å². The third-order valence-corrected chi connectivity index (χ3v) is 3.60. The molecule has 0 saturated heterocycles. The lowest BCUT2D eigenvalue weighted by atomic mass is 10.1. The monoisotopic (exact) mass is 300 g/mol. The number of aliphatic carboxylic acids is 1. The Kier molecular flexibility index (Phi) is 13.2. The van der Waals surface area contributed by atoms with Gasteiger partial charge in [0.15, 0.2) is 6.10 Å². The minimum atomic E-state index is -1.02. The van der Waals surface area contributed by atoms with E-state index in [1.807, 2.05) is 0 Å². The first-order valence-corrected chi connectivity index (χ1v) is 8.54. The molecule has 4 nitrogen and oxygen atoms in total. The van der Waals surface area contributed by atoms with Crippen LogP contribution in [0.3, 0.4) is 0 Å². The summed E-state index contributed by atoms with van der Waals surface area (Å²) in [5.74, 6) is -1.40. The van der Waals surface area contributed by atoms with Crippen LogP contribution in [0.25, 0.3) is 0 Å². The SMILES string of the molecule is CCCCCCCCCC(OC(=O)CCCCC)C(=O)O. The van der Waals surface area contributed by atoms with Crippen LogP contribution >= 0.6 is 0 Å². The Morgan fingerprint density at radius 1 is 0.857 bits per heavy atom. The second kappa shape index (κ2) is 13.9. The molecule has 0 fully saturated rings. The molecular weight excluding hydrogens is 268 g/mol. The maximum atomic E-state index is 11.6. The number of unbranched alkanes of at least 4 members (excludes halogenated alkanes) is 8. The lowest BCUT2D eigenvalue weighted by Crippen LogP contribution is -2.27. The van der Waals surface area contributed by atoms with E-state index in [-0.39, 0.29) is 5.97 Å². The van der Waals surface area contributed by atoms with Crippen molar-refractivity contribution < 1.29 is 19.4 Å². The predicted molar refractivity (Wildman–Crippen MR) is 84.3 cm³/mol. The van der Waals surface area contributed by atoms with Crippen molar-refractivity contribution in [1.82, 2.24) is 0 Å². The molecule has 1 N–H and O–H groups in total. The Hall–Kier alpha value is -1.06. The predicted octanol–water partition coefficient (Wildman–Crippen LogP) is 4.70. The number of rotatable bonds is 14. The maximum absolute atomic E-state index is 11.6. The number of hydrogen-bond acceptors (Lipinski definition) is 3. The molecule has 0 heterocycles. The van der Waals surface area contributed by atoms with Gasteiger partial charge in [-0.15, -0.1) is 0 Å². The van der Waals surface area contributed by atoms with Crippen molar-refractivity contribution in [3.05, 3.63) is 0 Å². The Morgan fingerprint density at radius 3 is 1.95 bits per heavy atom. The van der Waals surface area contributed by atoms with Crippen molar-refractivity contribution in [2.75, 3.05) is 0 Å². The van der Waals surface area contributed by atoms with Crippen LogP contribution in [-0.4, -0.2) is 23.1 Å². The average Bonchev–Trinajstić information content (AvgIpc) is 2.45. The highest BCUT2D eigenvalue weighted by molar-refractivity contribution is 5.77. The van der Waals surface area contributed by atoms with Gasteiger partial charge < -0.3 is 9.84 Å². The molecule has 1 atom stereocenters. The molecule has 0 aliphatic carbocycles. The lowest BCUT2D eigenvalue weighted by Gasteiger charge is -2.13. The Morgan fingerprint density at radius 2 is 1.38 bits per heavy atom. The van der Waals surface area contributed by atoms with Gasteiger partial charge in [0, 0.05) is 6.42 Å². The molecule has 0 aromatic carbocycles. The molecule has 1 unspecified atom stereocenters. The zero-order chi connectivity index (χ0) is 15.9. The van der Waals surface area contributed by atoms with Crippen molar-refractivity contribution in [3.8, 4) is 0 Å². The van der Waals surface area contributed by atoms with Crippen LogP contribution in [-0.2, 0) is 14.3 Å². The number of ether oxygens (including phenoxy) is 1. The van der Waals surface area contributed by atoms with E-state index >= 15 is 0 Å². The van der Waals surface area contributed by atoms with E-state index in [1.54, 1.807) is 0 Å². The third-order valence-electron chi connectivity index (χ3n) is 3.60. The molecule has 0 saturated carbocycles. The quantitative estimate of drug-likeness (QED) is 0.373. The summed E-state index contributed by atoms with van der Waals surface area (Å²) in [5.41, 5.74) is 0. The zero-order valence-electron chi connectivity index (χ0n) is 13.7. The van der Waals surface area contributed by atoms with E-state index < -0.39 is 12.1 Å². The molecule has 124 valence electrons. The minimum Gasteiger partial charge on any atom is -0.479 e. The van der Waals surface area contributed by atoms with Gasteiger partial charge in [-0.3, -0.25) is 4.79 Å². The maximum Gasteiger partial charge on any atom is 0.345 e. The van der Waals surface area contributed by atoms with Gasteiger partial charge in [-0.25, -0.2) is 4.79 Å². The van der Waals surface area contributed by atoms with Gasteiger partial charge in [0.05, 0.1) is 0 Å². The van der Waals surface area contributed by atoms with Gasteiger partial charge in [0.2, 0.25) is 0 Å². The molecule has 0 aromatic heterocycles. The van der Waals surface area contributed by atoms with Crippen LogP contribution in [0.4, 0.5) is 0 Å². The van der Waals surface area contributed by atoms with E-state index in [4.69, 9.17) is 9.84 Å². The highest BCUT2D eigenvalue weighted by atomic mass is 16.6. The number of carboxylic acid groups (broad SMARTS) is 1. The fourth-order valence-corrected chi connectivity index (χ4v) is 2.26. The number of carbonyl (C=O) groups excluding carboxylic acids is 1. The van der Waals surface area contributed by atoms with Gasteiger partial charge in [-0.2, -0.15) is 0 Å². The topological polar surface area (TPSA) is 63.6 Å². The molecule has 21 heavy (non-hydrogen) atoms. The van der Waals surface area contributed by atoms with Crippen molar-refractivity contribution in [3.63, 3.8) is 0 Å². The number of carboxylic acids is 1. The average molecular weight is 300 g/mol. The van der Waals surface area contributed by atoms with Crippen molar-refractivity contribution in [2.45, 2.75) is 97.0 Å². The van der Waals surface area contributed by atoms with E-state index in [0.717, 1.165) is 38.5 Å². The first-order chi connectivity index (χ1) is 10.1. The molecule has 0 aliphatic heterocycles. The molecule has 0 bridgehead atoms. The molecule has 0 rings (SSSR count). The number of esters is 1. The molecule has 4 heteroatoms. The molecule has 0 amide bonds. The van der Waals surface area contributed by atoms with Crippen molar-refractivity contribution in [1.29, 1.82) is 0 Å². The minimum absolute atomic E-state index is 0.328. The smallest absolute Gasteiger partial charge is 0.345 e. The Bertz CT molecular complexity index is 276. The summed E-state index contributed by atoms with van der Waals surface area (Å²) in [6.07, 6.45) is 10.5. The summed E-state index contributed by atoms with van der Waals surface area (Å²) in [7, 11) is 0. The van der Waals surface area contributed by atoms with Gasteiger partial charge in [0.1, 0.15) is 0 Å². The summed E-state index contributed by atoms with van der Waals surface area (Å²) in [6, 6.07) is 0. The fourth-order valence-electron chi connectivity index (χ4n) is 2.26. The number of carbonyl (C=O) groups is 2. The van der Waals surface area contributed by atoms with Gasteiger partial charge >= 0.3 is 11.9 Å².